The third kappa shape index (κ3) is 1.75. The first-order chi connectivity index (χ1) is 6.07. The Balaban J connectivity index is 3.43. The van der Waals surface area contributed by atoms with E-state index < -0.39 is 0 Å². The Kier molecular flexibility index (Phi) is 2.78. The Morgan fingerprint density at radius 3 is 2.69 bits per heavy atom. The molecule has 0 aromatic heterocycles. The smallest absolute Gasteiger partial charge is 0.125 e. The number of hydrogen-bond donors (Lipinski definition) is 2. The van der Waals surface area contributed by atoms with Crippen LogP contribution in [0.1, 0.15) is 16.7 Å². The normalized spacial score (nSPS) is 11.0. The number of rotatable bonds is 1. The van der Waals surface area contributed by atoms with Gasteiger partial charge in [0.05, 0.1) is 6.21 Å². The molecule has 13 heavy (non-hydrogen) atoms. The van der Waals surface area contributed by atoms with Gasteiger partial charge in [0.2, 0.25) is 0 Å². The third-order valence-corrected chi connectivity index (χ3v) is 2.49. The summed E-state index contributed by atoms with van der Waals surface area (Å²) < 4.78 is 0. The number of phenols is 1. The maximum atomic E-state index is 9.52. The van der Waals surface area contributed by atoms with Crippen molar-refractivity contribution in [1.82, 2.24) is 0 Å². The van der Waals surface area contributed by atoms with Gasteiger partial charge >= 0.3 is 0 Å². The van der Waals surface area contributed by atoms with Crippen molar-refractivity contribution in [2.75, 3.05) is 0 Å². The van der Waals surface area contributed by atoms with Gasteiger partial charge in [0, 0.05) is 10.6 Å². The Bertz CT molecular complexity index is 361. The van der Waals surface area contributed by atoms with Gasteiger partial charge in [0.25, 0.3) is 0 Å². The van der Waals surface area contributed by atoms with E-state index in [4.69, 9.17) is 17.4 Å². The summed E-state index contributed by atoms with van der Waals surface area (Å²) in [7, 11) is 0. The van der Waals surface area contributed by atoms with Crippen LogP contribution in [0.5, 0.6) is 5.75 Å². The lowest BCUT2D eigenvalue weighted by Gasteiger charge is -2.07. The molecule has 0 saturated heterocycles. The molecule has 1 aromatic carbocycles. The van der Waals surface area contributed by atoms with Crippen LogP contribution in [-0.4, -0.2) is 11.3 Å². The van der Waals surface area contributed by atoms with E-state index in [1.807, 2.05) is 13.8 Å². The molecule has 0 unspecified atom stereocenters. The van der Waals surface area contributed by atoms with Gasteiger partial charge in [-0.15, -0.1) is 0 Å². The molecule has 0 saturated carbocycles. The minimum Gasteiger partial charge on any atom is -0.507 e. The molecule has 0 heterocycles. The third-order valence-electron chi connectivity index (χ3n) is 1.91. The Morgan fingerprint density at radius 1 is 1.54 bits per heavy atom. The fourth-order valence-electron chi connectivity index (χ4n) is 1.19. The van der Waals surface area contributed by atoms with Crippen LogP contribution in [0.15, 0.2) is 11.2 Å². The summed E-state index contributed by atoms with van der Waals surface area (Å²) in [6, 6.07) is 1.59. The van der Waals surface area contributed by atoms with E-state index >= 15 is 0 Å². The van der Waals surface area contributed by atoms with Gasteiger partial charge in [-0.2, -0.15) is 5.10 Å². The molecule has 0 spiro atoms. The lowest BCUT2D eigenvalue weighted by atomic mass is 10.1. The number of hydrazone groups is 1. The summed E-state index contributed by atoms with van der Waals surface area (Å²) >= 11 is 5.98. The second-order valence-electron chi connectivity index (χ2n) is 2.84. The second kappa shape index (κ2) is 3.66. The minimum absolute atomic E-state index is 0.147. The first-order valence-electron chi connectivity index (χ1n) is 3.80. The summed E-state index contributed by atoms with van der Waals surface area (Å²) in [4.78, 5) is 0. The van der Waals surface area contributed by atoms with Crippen molar-refractivity contribution < 1.29 is 5.11 Å². The number of nitrogens with two attached hydrogens (primary N) is 1. The number of benzene rings is 1. The molecule has 0 aliphatic heterocycles. The van der Waals surface area contributed by atoms with Crippen molar-refractivity contribution in [3.63, 3.8) is 0 Å². The molecule has 3 N–H and O–H groups in total. The molecule has 0 aliphatic rings. The fraction of sp³-hybridized carbons (Fsp3) is 0.222. The van der Waals surface area contributed by atoms with Gasteiger partial charge in [-0.1, -0.05) is 11.6 Å². The van der Waals surface area contributed by atoms with Crippen molar-refractivity contribution in [2.24, 2.45) is 10.9 Å². The van der Waals surface area contributed by atoms with Crippen LogP contribution in [0.25, 0.3) is 0 Å². The Hall–Kier alpha value is -1.22. The summed E-state index contributed by atoms with van der Waals surface area (Å²) in [5.41, 5.74) is 2.19. The molecular weight excluding hydrogens is 188 g/mol. The van der Waals surface area contributed by atoms with Gasteiger partial charge in [-0.25, -0.2) is 0 Å². The molecule has 0 bridgehead atoms. The quantitative estimate of drug-likeness (QED) is 0.412. The van der Waals surface area contributed by atoms with Crippen molar-refractivity contribution in [3.05, 3.63) is 27.8 Å². The number of halogens is 1. The predicted octanol–water partition coefficient (Wildman–Crippen LogP) is 1.96. The van der Waals surface area contributed by atoms with Gasteiger partial charge in [-0.3, -0.25) is 0 Å². The summed E-state index contributed by atoms with van der Waals surface area (Å²) in [5.74, 6) is 5.15. The van der Waals surface area contributed by atoms with Gasteiger partial charge in [-0.05, 0) is 31.0 Å². The first kappa shape index (κ1) is 9.86. The molecule has 0 radical (unpaired) electrons. The van der Waals surface area contributed by atoms with Crippen LogP contribution in [0.4, 0.5) is 0 Å². The molecule has 70 valence electrons. The van der Waals surface area contributed by atoms with Crippen molar-refractivity contribution in [1.29, 1.82) is 0 Å². The molecule has 0 atom stereocenters. The van der Waals surface area contributed by atoms with E-state index in [1.54, 1.807) is 6.07 Å². The summed E-state index contributed by atoms with van der Waals surface area (Å²) in [5, 5.41) is 13.5. The molecule has 3 nitrogen and oxygen atoms in total. The van der Waals surface area contributed by atoms with Crippen molar-refractivity contribution >= 4 is 17.8 Å². The fourth-order valence-corrected chi connectivity index (χ4v) is 1.35. The first-order valence-corrected chi connectivity index (χ1v) is 4.17. The molecule has 0 fully saturated rings. The Morgan fingerprint density at radius 2 is 2.15 bits per heavy atom. The zero-order valence-electron chi connectivity index (χ0n) is 7.50. The van der Waals surface area contributed by atoms with Crippen molar-refractivity contribution in [2.45, 2.75) is 13.8 Å². The van der Waals surface area contributed by atoms with Gasteiger partial charge < -0.3 is 10.9 Å². The lowest BCUT2D eigenvalue weighted by Crippen LogP contribution is -1.94. The van der Waals surface area contributed by atoms with E-state index in [1.165, 1.54) is 6.21 Å². The average Bonchev–Trinajstić information content (AvgIpc) is 2.09. The molecule has 0 amide bonds. The topological polar surface area (TPSA) is 58.6 Å². The van der Waals surface area contributed by atoms with E-state index in [2.05, 4.69) is 5.10 Å². The molecule has 1 rings (SSSR count). The number of nitrogens with zero attached hydrogens (tertiary/aromatic N) is 1. The number of aromatic hydroxyl groups is 1. The van der Waals surface area contributed by atoms with Crippen LogP contribution in [-0.2, 0) is 0 Å². The largest absolute Gasteiger partial charge is 0.507 e. The van der Waals surface area contributed by atoms with Crippen LogP contribution in [0.3, 0.4) is 0 Å². The van der Waals surface area contributed by atoms with Crippen LogP contribution in [0.2, 0.25) is 5.02 Å². The van der Waals surface area contributed by atoms with Crippen LogP contribution < -0.4 is 5.84 Å². The Labute approximate surface area is 81.8 Å². The standard InChI is InChI=1S/C9H11ClN2O/c1-5-3-8(13)7(4-12-11)6(2)9(5)10/h3-4,13H,11H2,1-2H3. The highest BCUT2D eigenvalue weighted by atomic mass is 35.5. The highest BCUT2D eigenvalue weighted by Crippen LogP contribution is 2.29. The molecular formula is C9H11ClN2O. The number of aryl methyl sites for hydroxylation is 1. The maximum Gasteiger partial charge on any atom is 0.125 e. The number of phenolic OH excluding ortho intramolecular Hbond substituents is 1. The van der Waals surface area contributed by atoms with Gasteiger partial charge in [0.1, 0.15) is 5.75 Å². The summed E-state index contributed by atoms with van der Waals surface area (Å²) in [6.07, 6.45) is 1.38. The molecule has 0 aliphatic carbocycles. The van der Waals surface area contributed by atoms with E-state index in [9.17, 15) is 5.11 Å². The monoisotopic (exact) mass is 198 g/mol. The van der Waals surface area contributed by atoms with Gasteiger partial charge in [0.15, 0.2) is 0 Å². The van der Waals surface area contributed by atoms with Crippen LogP contribution >= 0.6 is 11.6 Å². The lowest BCUT2D eigenvalue weighted by molar-refractivity contribution is 0.473. The highest BCUT2D eigenvalue weighted by Gasteiger charge is 2.09. The summed E-state index contributed by atoms with van der Waals surface area (Å²) in [6.45, 7) is 3.64. The zero-order chi connectivity index (χ0) is 10.0. The minimum atomic E-state index is 0.147. The zero-order valence-corrected chi connectivity index (χ0v) is 8.26. The van der Waals surface area contributed by atoms with E-state index in [-0.39, 0.29) is 5.75 Å². The van der Waals surface area contributed by atoms with E-state index in [0.717, 1.165) is 11.1 Å². The van der Waals surface area contributed by atoms with Crippen molar-refractivity contribution in [3.8, 4) is 5.75 Å². The van der Waals surface area contributed by atoms with E-state index in [0.29, 0.717) is 10.6 Å². The second-order valence-corrected chi connectivity index (χ2v) is 3.22. The van der Waals surface area contributed by atoms with Crippen LogP contribution in [0, 0.1) is 13.8 Å². The SMILES string of the molecule is Cc1cc(O)c(C=NN)c(C)c1Cl. The number of hydrogen-bond acceptors (Lipinski definition) is 3. The predicted molar refractivity (Wildman–Crippen MR) is 54.4 cm³/mol. The maximum absolute atomic E-state index is 9.52. The molecule has 1 aromatic rings. The highest BCUT2D eigenvalue weighted by molar-refractivity contribution is 6.32. The average molecular weight is 199 g/mol. The molecule has 4 heteroatoms.